The molecule has 0 rings (SSSR count). The van der Waals surface area contributed by atoms with E-state index in [1.165, 1.54) is 0 Å². The van der Waals surface area contributed by atoms with E-state index in [0.717, 1.165) is 0 Å². The van der Waals surface area contributed by atoms with Crippen LogP contribution in [0.3, 0.4) is 0 Å². The molecule has 0 aliphatic carbocycles. The maximum absolute atomic E-state index is 3.71. The summed E-state index contributed by atoms with van der Waals surface area (Å²) in [4.78, 5) is 0. The van der Waals surface area contributed by atoms with Gasteiger partial charge in [-0.15, -0.1) is 0 Å². The van der Waals surface area contributed by atoms with Gasteiger partial charge in [0.1, 0.15) is 0 Å². The van der Waals surface area contributed by atoms with Gasteiger partial charge in [-0.25, -0.2) is 0 Å². The third-order valence-electron chi connectivity index (χ3n) is 0. The first-order valence-corrected chi connectivity index (χ1v) is 1.60. The van der Waals surface area contributed by atoms with E-state index in [4.69, 9.17) is 0 Å². The summed E-state index contributed by atoms with van der Waals surface area (Å²) in [5.41, 5.74) is 0. The van der Waals surface area contributed by atoms with Gasteiger partial charge in [0.2, 0.25) is 0 Å². The van der Waals surface area contributed by atoms with Crippen LogP contribution in [0.1, 0.15) is 0 Å². The summed E-state index contributed by atoms with van der Waals surface area (Å²) in [6.07, 6.45) is 0. The molecule has 0 aromatic rings. The van der Waals surface area contributed by atoms with Crippen molar-refractivity contribution in [3.8, 4) is 0 Å². The topological polar surface area (TPSA) is 0 Å². The van der Waals surface area contributed by atoms with Gasteiger partial charge in [-0.2, -0.15) is 0 Å². The Kier molecular flexibility index (Phi) is 90.4. The minimum atomic E-state index is 0. The Morgan fingerprint density at radius 3 is 1.25 bits per heavy atom. The SMILES string of the molecule is [Co].[Li].[S]=[Ni]. The summed E-state index contributed by atoms with van der Waals surface area (Å²) in [6.45, 7) is 0. The van der Waals surface area contributed by atoms with Gasteiger partial charge in [-0.1, -0.05) is 0 Å². The molecule has 0 saturated carbocycles. The Morgan fingerprint density at radius 1 is 1.25 bits per heavy atom. The minimum absolute atomic E-state index is 0. The molecule has 0 N–H and O–H groups in total. The van der Waals surface area contributed by atoms with Crippen molar-refractivity contribution in [3.63, 3.8) is 0 Å². The fourth-order valence-electron chi connectivity index (χ4n) is 0. The summed E-state index contributed by atoms with van der Waals surface area (Å²) >= 11 is 3.46. The van der Waals surface area contributed by atoms with Crippen molar-refractivity contribution < 1.29 is 30.6 Å². The van der Waals surface area contributed by atoms with E-state index in [9.17, 15) is 0 Å². The number of hydrogen-bond donors (Lipinski definition) is 0. The van der Waals surface area contributed by atoms with E-state index in [-0.39, 0.29) is 35.6 Å². The zero-order valence-corrected chi connectivity index (χ0v) is 4.90. The number of rotatable bonds is 0. The van der Waals surface area contributed by atoms with E-state index < -0.39 is 0 Å². The first-order chi connectivity index (χ1) is 1.00. The van der Waals surface area contributed by atoms with Crippen molar-refractivity contribution in [2.24, 2.45) is 0 Å². The fourth-order valence-corrected chi connectivity index (χ4v) is 0. The van der Waals surface area contributed by atoms with Crippen molar-refractivity contribution in [1.82, 2.24) is 0 Å². The second-order valence-corrected chi connectivity index (χ2v) is 0. The summed E-state index contributed by atoms with van der Waals surface area (Å²) in [5.74, 6) is 0. The fraction of sp³-hybridized carbons (Fsp3) is 0. The predicted octanol–water partition coefficient (Wildman–Crippen LogP) is 0.262. The Morgan fingerprint density at radius 2 is 1.25 bits per heavy atom. The summed E-state index contributed by atoms with van der Waals surface area (Å²) in [5, 5.41) is 0. The standard InChI is InChI=1S/Co.Li.Ni.S. The monoisotopic (exact) mass is 156 g/mol. The van der Waals surface area contributed by atoms with E-state index >= 15 is 0 Å². The van der Waals surface area contributed by atoms with Gasteiger partial charge in [0.05, 0.1) is 0 Å². The van der Waals surface area contributed by atoms with E-state index in [2.05, 4.69) is 24.5 Å². The van der Waals surface area contributed by atoms with Crippen LogP contribution in [0.5, 0.6) is 0 Å². The molecule has 0 spiro atoms. The van der Waals surface area contributed by atoms with Gasteiger partial charge in [-0.05, 0) is 0 Å². The predicted molar refractivity (Wildman–Crippen MR) is 13.3 cm³/mol. The van der Waals surface area contributed by atoms with Crippen LogP contribution >= 0.6 is 10.7 Å². The molecule has 0 nitrogen and oxygen atoms in total. The first kappa shape index (κ1) is 17.0. The molecule has 0 saturated heterocycles. The van der Waals surface area contributed by atoms with Crippen molar-refractivity contribution >= 4 is 29.5 Å². The molecule has 4 heavy (non-hydrogen) atoms. The second-order valence-electron chi connectivity index (χ2n) is 0. The van der Waals surface area contributed by atoms with Crippen LogP contribution in [-0.4, -0.2) is 18.9 Å². The van der Waals surface area contributed by atoms with Crippen LogP contribution in [0.4, 0.5) is 0 Å². The van der Waals surface area contributed by atoms with Crippen LogP contribution in [0.15, 0.2) is 0 Å². The van der Waals surface area contributed by atoms with Crippen LogP contribution < -0.4 is 0 Å². The average molecular weight is 157 g/mol. The third-order valence-corrected chi connectivity index (χ3v) is 0. The molecule has 0 amide bonds. The zero-order chi connectivity index (χ0) is 2.00. The van der Waals surface area contributed by atoms with Crippen molar-refractivity contribution in [2.45, 2.75) is 0 Å². The van der Waals surface area contributed by atoms with Crippen molar-refractivity contribution in [1.29, 1.82) is 0 Å². The van der Waals surface area contributed by atoms with E-state index in [1.807, 2.05) is 0 Å². The molecule has 26 valence electrons. The normalized spacial score (nSPS) is 1.50. The summed E-state index contributed by atoms with van der Waals surface area (Å²) < 4.78 is 0. The molecular formula is CoLiNiS. The van der Waals surface area contributed by atoms with Gasteiger partial charge in [0, 0.05) is 35.6 Å². The molecule has 0 aliphatic heterocycles. The summed E-state index contributed by atoms with van der Waals surface area (Å²) in [7, 11) is 3.71. The number of hydrogen-bond acceptors (Lipinski definition) is 1. The van der Waals surface area contributed by atoms with Gasteiger partial charge in [0.25, 0.3) is 0 Å². The van der Waals surface area contributed by atoms with Gasteiger partial charge >= 0.3 is 24.5 Å². The van der Waals surface area contributed by atoms with Crippen LogP contribution in [-0.2, 0) is 30.6 Å². The molecule has 0 aliphatic rings. The Bertz CT molecular complexity index is 8.00. The molecule has 2 radical (unpaired) electrons. The molecule has 0 unspecified atom stereocenters. The molecule has 0 atom stereocenters. The van der Waals surface area contributed by atoms with Gasteiger partial charge < -0.3 is 0 Å². The molecule has 0 heterocycles. The van der Waals surface area contributed by atoms with Crippen molar-refractivity contribution in [3.05, 3.63) is 0 Å². The van der Waals surface area contributed by atoms with Crippen molar-refractivity contribution in [2.75, 3.05) is 0 Å². The zero-order valence-electron chi connectivity index (χ0n) is 2.06. The molecule has 0 bridgehead atoms. The molecular weight excluding hydrogens is 157 g/mol. The molecule has 4 heteroatoms. The molecule has 0 aromatic heterocycles. The quantitative estimate of drug-likeness (QED) is 0.454. The second kappa shape index (κ2) is 21.3. The Hall–Kier alpha value is 1.82. The Balaban J connectivity index is -0.00000000500. The average Bonchev–Trinajstić information content (AvgIpc) is 1.00. The van der Waals surface area contributed by atoms with Crippen LogP contribution in [0.25, 0.3) is 0 Å². The first-order valence-electron chi connectivity index (χ1n) is 0.129. The maximum atomic E-state index is 3.71. The van der Waals surface area contributed by atoms with Crippen LogP contribution in [0.2, 0.25) is 0 Å². The summed E-state index contributed by atoms with van der Waals surface area (Å²) in [6, 6.07) is 0. The van der Waals surface area contributed by atoms with E-state index in [0.29, 0.717) is 0 Å². The Labute approximate surface area is 59.8 Å². The van der Waals surface area contributed by atoms with Gasteiger partial charge in [0.15, 0.2) is 0 Å². The molecule has 0 fully saturated rings. The molecule has 0 aromatic carbocycles. The van der Waals surface area contributed by atoms with Crippen LogP contribution in [0, 0.1) is 0 Å². The van der Waals surface area contributed by atoms with E-state index in [1.54, 1.807) is 0 Å². The third kappa shape index (κ3) is 9.17. The van der Waals surface area contributed by atoms with Gasteiger partial charge in [-0.3, -0.25) is 0 Å².